The molecule has 2 rings (SSSR count). The van der Waals surface area contributed by atoms with Crippen molar-refractivity contribution in [2.24, 2.45) is 11.7 Å². The standard InChI is InChI=1S/C16H24N2O2/c1-3-14(13-6-4-5-7-15(13)20-2)18-16(19)11-8-9-12(17)10-11/h4-7,11-12,14H,3,8-10,17H2,1-2H3,(H,18,19). The molecule has 0 radical (unpaired) electrons. The molecule has 1 fully saturated rings. The Hall–Kier alpha value is -1.55. The van der Waals surface area contributed by atoms with E-state index in [1.54, 1.807) is 7.11 Å². The zero-order chi connectivity index (χ0) is 14.5. The molecule has 1 saturated carbocycles. The van der Waals surface area contributed by atoms with Gasteiger partial charge in [-0.2, -0.15) is 0 Å². The van der Waals surface area contributed by atoms with Gasteiger partial charge in [-0.15, -0.1) is 0 Å². The highest BCUT2D eigenvalue weighted by molar-refractivity contribution is 5.79. The molecule has 4 heteroatoms. The van der Waals surface area contributed by atoms with E-state index in [1.807, 2.05) is 24.3 Å². The average Bonchev–Trinajstić information content (AvgIpc) is 2.91. The molecule has 3 unspecified atom stereocenters. The number of para-hydroxylation sites is 1. The summed E-state index contributed by atoms with van der Waals surface area (Å²) in [4.78, 5) is 12.3. The van der Waals surface area contributed by atoms with Crippen molar-refractivity contribution >= 4 is 5.91 Å². The van der Waals surface area contributed by atoms with E-state index >= 15 is 0 Å². The number of hydrogen-bond donors (Lipinski definition) is 2. The second-order valence-electron chi connectivity index (χ2n) is 5.48. The van der Waals surface area contributed by atoms with Crippen LogP contribution in [-0.4, -0.2) is 19.1 Å². The Morgan fingerprint density at radius 2 is 2.20 bits per heavy atom. The van der Waals surface area contributed by atoms with Crippen molar-refractivity contribution in [1.82, 2.24) is 5.32 Å². The van der Waals surface area contributed by atoms with Gasteiger partial charge in [-0.1, -0.05) is 25.1 Å². The van der Waals surface area contributed by atoms with Gasteiger partial charge in [0, 0.05) is 17.5 Å². The fraction of sp³-hybridized carbons (Fsp3) is 0.562. The summed E-state index contributed by atoms with van der Waals surface area (Å²) in [5.74, 6) is 1.01. The molecule has 1 amide bonds. The minimum atomic E-state index is -0.00419. The number of nitrogens with one attached hydrogen (secondary N) is 1. The normalized spacial score (nSPS) is 23.4. The van der Waals surface area contributed by atoms with Gasteiger partial charge < -0.3 is 15.8 Å². The molecule has 3 N–H and O–H groups in total. The lowest BCUT2D eigenvalue weighted by Crippen LogP contribution is -2.33. The zero-order valence-electron chi connectivity index (χ0n) is 12.3. The average molecular weight is 276 g/mol. The fourth-order valence-corrected chi connectivity index (χ4v) is 2.90. The molecule has 0 aliphatic heterocycles. The Kier molecular flexibility index (Phi) is 5.01. The van der Waals surface area contributed by atoms with E-state index in [0.29, 0.717) is 0 Å². The monoisotopic (exact) mass is 276 g/mol. The molecule has 1 aliphatic rings. The number of carbonyl (C=O) groups excluding carboxylic acids is 1. The second kappa shape index (κ2) is 6.75. The predicted molar refractivity (Wildman–Crippen MR) is 79.5 cm³/mol. The summed E-state index contributed by atoms with van der Waals surface area (Å²) in [6.45, 7) is 2.07. The van der Waals surface area contributed by atoms with Crippen LogP contribution in [0.25, 0.3) is 0 Å². The van der Waals surface area contributed by atoms with Crippen molar-refractivity contribution in [3.8, 4) is 5.75 Å². The highest BCUT2D eigenvalue weighted by Crippen LogP contribution is 2.29. The van der Waals surface area contributed by atoms with Crippen LogP contribution in [0.4, 0.5) is 0 Å². The number of ether oxygens (including phenoxy) is 1. The van der Waals surface area contributed by atoms with E-state index in [-0.39, 0.29) is 23.9 Å². The van der Waals surface area contributed by atoms with Gasteiger partial charge >= 0.3 is 0 Å². The highest BCUT2D eigenvalue weighted by atomic mass is 16.5. The molecule has 4 nitrogen and oxygen atoms in total. The number of hydrogen-bond acceptors (Lipinski definition) is 3. The molecular formula is C16H24N2O2. The summed E-state index contributed by atoms with van der Waals surface area (Å²) >= 11 is 0. The number of benzene rings is 1. The fourth-order valence-electron chi connectivity index (χ4n) is 2.90. The first-order valence-electron chi connectivity index (χ1n) is 7.34. The van der Waals surface area contributed by atoms with Crippen LogP contribution in [0.1, 0.15) is 44.2 Å². The summed E-state index contributed by atoms with van der Waals surface area (Å²) in [6.07, 6.45) is 3.48. The van der Waals surface area contributed by atoms with E-state index in [9.17, 15) is 4.79 Å². The van der Waals surface area contributed by atoms with Crippen LogP contribution in [-0.2, 0) is 4.79 Å². The third kappa shape index (κ3) is 3.31. The smallest absolute Gasteiger partial charge is 0.223 e. The molecule has 0 aromatic heterocycles. The number of carbonyl (C=O) groups is 1. The lowest BCUT2D eigenvalue weighted by Gasteiger charge is -2.21. The third-order valence-electron chi connectivity index (χ3n) is 4.08. The van der Waals surface area contributed by atoms with E-state index in [4.69, 9.17) is 10.5 Å². The zero-order valence-corrected chi connectivity index (χ0v) is 12.3. The van der Waals surface area contributed by atoms with Crippen LogP contribution in [0.2, 0.25) is 0 Å². The molecule has 0 saturated heterocycles. The SMILES string of the molecule is CCC(NC(=O)C1CCC(N)C1)c1ccccc1OC. The molecule has 0 bridgehead atoms. The minimum absolute atomic E-state index is 0.00419. The first kappa shape index (κ1) is 14.9. The molecular weight excluding hydrogens is 252 g/mol. The first-order chi connectivity index (χ1) is 9.65. The number of methoxy groups -OCH3 is 1. The lowest BCUT2D eigenvalue weighted by atomic mass is 10.0. The predicted octanol–water partition coefficient (Wildman–Crippen LogP) is 2.39. The summed E-state index contributed by atoms with van der Waals surface area (Å²) < 4.78 is 5.38. The topological polar surface area (TPSA) is 64.4 Å². The molecule has 20 heavy (non-hydrogen) atoms. The molecule has 0 heterocycles. The van der Waals surface area contributed by atoms with Crippen LogP contribution in [0, 0.1) is 5.92 Å². The number of nitrogens with two attached hydrogens (primary N) is 1. The van der Waals surface area contributed by atoms with Crippen molar-refractivity contribution in [2.45, 2.75) is 44.7 Å². The van der Waals surface area contributed by atoms with Crippen molar-refractivity contribution in [1.29, 1.82) is 0 Å². The summed E-state index contributed by atoms with van der Waals surface area (Å²) in [5.41, 5.74) is 6.92. The Morgan fingerprint density at radius 1 is 1.45 bits per heavy atom. The maximum Gasteiger partial charge on any atom is 0.223 e. The van der Waals surface area contributed by atoms with Crippen LogP contribution >= 0.6 is 0 Å². The van der Waals surface area contributed by atoms with Crippen LogP contribution < -0.4 is 15.8 Å². The first-order valence-corrected chi connectivity index (χ1v) is 7.34. The summed E-state index contributed by atoms with van der Waals surface area (Å²) in [5, 5.41) is 3.15. The molecule has 3 atom stereocenters. The van der Waals surface area contributed by atoms with Gasteiger partial charge in [0.1, 0.15) is 5.75 Å². The molecule has 1 aromatic carbocycles. The van der Waals surface area contributed by atoms with E-state index in [1.165, 1.54) is 0 Å². The minimum Gasteiger partial charge on any atom is -0.496 e. The van der Waals surface area contributed by atoms with Gasteiger partial charge in [0.05, 0.1) is 13.2 Å². The molecule has 110 valence electrons. The largest absolute Gasteiger partial charge is 0.496 e. The van der Waals surface area contributed by atoms with Gasteiger partial charge in [-0.05, 0) is 31.7 Å². The third-order valence-corrected chi connectivity index (χ3v) is 4.08. The quantitative estimate of drug-likeness (QED) is 0.868. The van der Waals surface area contributed by atoms with Crippen molar-refractivity contribution < 1.29 is 9.53 Å². The van der Waals surface area contributed by atoms with Crippen LogP contribution in [0.15, 0.2) is 24.3 Å². The maximum absolute atomic E-state index is 12.3. The van der Waals surface area contributed by atoms with Gasteiger partial charge in [-0.3, -0.25) is 4.79 Å². The number of amides is 1. The Balaban J connectivity index is 2.07. The van der Waals surface area contributed by atoms with E-state index in [0.717, 1.165) is 37.0 Å². The van der Waals surface area contributed by atoms with Gasteiger partial charge in [0.15, 0.2) is 0 Å². The molecule has 1 aliphatic carbocycles. The van der Waals surface area contributed by atoms with E-state index < -0.39 is 0 Å². The van der Waals surface area contributed by atoms with Gasteiger partial charge in [-0.25, -0.2) is 0 Å². The number of rotatable bonds is 5. The second-order valence-corrected chi connectivity index (χ2v) is 5.48. The van der Waals surface area contributed by atoms with Crippen molar-refractivity contribution in [2.75, 3.05) is 7.11 Å². The Bertz CT molecular complexity index is 462. The van der Waals surface area contributed by atoms with Crippen LogP contribution in [0.3, 0.4) is 0 Å². The Morgan fingerprint density at radius 3 is 2.80 bits per heavy atom. The molecule has 1 aromatic rings. The van der Waals surface area contributed by atoms with Crippen LogP contribution in [0.5, 0.6) is 5.75 Å². The summed E-state index contributed by atoms with van der Waals surface area (Å²) in [6, 6.07) is 8.02. The maximum atomic E-state index is 12.3. The van der Waals surface area contributed by atoms with E-state index in [2.05, 4.69) is 12.2 Å². The molecule has 0 spiro atoms. The highest BCUT2D eigenvalue weighted by Gasteiger charge is 2.29. The van der Waals surface area contributed by atoms with Gasteiger partial charge in [0.25, 0.3) is 0 Å². The van der Waals surface area contributed by atoms with Crippen molar-refractivity contribution in [3.05, 3.63) is 29.8 Å². The lowest BCUT2D eigenvalue weighted by molar-refractivity contribution is -0.125. The van der Waals surface area contributed by atoms with Gasteiger partial charge in [0.2, 0.25) is 5.91 Å². The summed E-state index contributed by atoms with van der Waals surface area (Å²) in [7, 11) is 1.66. The Labute approximate surface area is 120 Å². The van der Waals surface area contributed by atoms with Crippen molar-refractivity contribution in [3.63, 3.8) is 0 Å².